The van der Waals surface area contributed by atoms with Crippen LogP contribution in [-0.4, -0.2) is 19.9 Å². The van der Waals surface area contributed by atoms with Crippen LogP contribution in [0, 0.1) is 0 Å². The van der Waals surface area contributed by atoms with Crippen molar-refractivity contribution in [2.75, 3.05) is 5.73 Å². The number of phenolic OH excluding ortho intramolecular Hbond substituents is 1. The van der Waals surface area contributed by atoms with E-state index < -0.39 is 0 Å². The average Bonchev–Trinajstić information content (AvgIpc) is 2.76. The summed E-state index contributed by atoms with van der Waals surface area (Å²) in [6.45, 7) is 0.947. The lowest BCUT2D eigenvalue weighted by Crippen LogP contribution is -2.11. The Morgan fingerprint density at radius 1 is 1.24 bits per heavy atom. The summed E-state index contributed by atoms with van der Waals surface area (Å²) in [6, 6.07) is 5.19. The second kappa shape index (κ2) is 3.76. The van der Waals surface area contributed by atoms with Gasteiger partial charge in [0.2, 0.25) is 0 Å². The molecule has 3 N–H and O–H groups in total. The molecule has 3 rings (SSSR count). The molecule has 2 aromatic rings. The molecule has 88 valence electrons. The summed E-state index contributed by atoms with van der Waals surface area (Å²) in [6.07, 6.45) is 3.30. The highest BCUT2D eigenvalue weighted by molar-refractivity contribution is 5.65. The van der Waals surface area contributed by atoms with E-state index in [1.807, 2.05) is 6.07 Å². The number of hydrogen-bond acceptors (Lipinski definition) is 4. The Balaban J connectivity index is 2.09. The highest BCUT2D eigenvalue weighted by Crippen LogP contribution is 2.28. The van der Waals surface area contributed by atoms with Crippen LogP contribution >= 0.6 is 0 Å². The van der Waals surface area contributed by atoms with Gasteiger partial charge >= 0.3 is 0 Å². The van der Waals surface area contributed by atoms with Crippen molar-refractivity contribution < 1.29 is 5.11 Å². The SMILES string of the molecule is Nc1ccc(-c2nnc3n2CCCC3)cc1O. The number of aromatic hydroxyl groups is 1. The zero-order valence-corrected chi connectivity index (χ0v) is 9.43. The molecule has 0 spiro atoms. The number of aromatic nitrogens is 3. The van der Waals surface area contributed by atoms with Gasteiger partial charge < -0.3 is 15.4 Å². The quantitative estimate of drug-likeness (QED) is 0.576. The summed E-state index contributed by atoms with van der Waals surface area (Å²) in [4.78, 5) is 0. The number of aryl methyl sites for hydroxylation is 1. The Kier molecular flexibility index (Phi) is 2.24. The fourth-order valence-corrected chi connectivity index (χ4v) is 2.20. The molecule has 0 aliphatic carbocycles. The molecular weight excluding hydrogens is 216 g/mol. The molecule has 1 aromatic heterocycles. The third-order valence-corrected chi connectivity index (χ3v) is 3.15. The minimum absolute atomic E-state index is 0.0932. The van der Waals surface area contributed by atoms with E-state index in [4.69, 9.17) is 5.73 Å². The molecule has 1 aliphatic heterocycles. The minimum atomic E-state index is 0.0932. The number of fused-ring (bicyclic) bond motifs is 1. The number of rotatable bonds is 1. The number of nitrogen functional groups attached to an aromatic ring is 1. The van der Waals surface area contributed by atoms with Crippen molar-refractivity contribution >= 4 is 5.69 Å². The smallest absolute Gasteiger partial charge is 0.164 e. The van der Waals surface area contributed by atoms with Crippen LogP contribution < -0.4 is 5.73 Å². The van der Waals surface area contributed by atoms with Crippen LogP contribution in [0.15, 0.2) is 18.2 Å². The Labute approximate surface area is 98.9 Å². The molecular formula is C12H14N4O. The molecule has 0 amide bonds. The molecule has 5 heteroatoms. The summed E-state index contributed by atoms with van der Waals surface area (Å²) < 4.78 is 2.12. The van der Waals surface area contributed by atoms with E-state index in [1.165, 1.54) is 6.42 Å². The van der Waals surface area contributed by atoms with Crippen molar-refractivity contribution in [3.63, 3.8) is 0 Å². The van der Waals surface area contributed by atoms with Crippen molar-refractivity contribution in [3.05, 3.63) is 24.0 Å². The number of nitrogens with two attached hydrogens (primary N) is 1. The van der Waals surface area contributed by atoms with E-state index in [1.54, 1.807) is 12.1 Å². The molecule has 17 heavy (non-hydrogen) atoms. The topological polar surface area (TPSA) is 77.0 Å². The number of phenols is 1. The van der Waals surface area contributed by atoms with Crippen molar-refractivity contribution in [3.8, 4) is 17.1 Å². The second-order valence-corrected chi connectivity index (χ2v) is 4.32. The number of hydrogen-bond donors (Lipinski definition) is 2. The van der Waals surface area contributed by atoms with Crippen molar-refractivity contribution in [1.82, 2.24) is 14.8 Å². The van der Waals surface area contributed by atoms with Crippen LogP contribution in [-0.2, 0) is 13.0 Å². The monoisotopic (exact) mass is 230 g/mol. The summed E-state index contributed by atoms with van der Waals surface area (Å²) >= 11 is 0. The Morgan fingerprint density at radius 2 is 2.12 bits per heavy atom. The van der Waals surface area contributed by atoms with Gasteiger partial charge in [-0.1, -0.05) is 0 Å². The summed E-state index contributed by atoms with van der Waals surface area (Å²) in [5, 5.41) is 18.0. The molecule has 0 radical (unpaired) electrons. The molecule has 0 atom stereocenters. The van der Waals surface area contributed by atoms with Gasteiger partial charge in [0.05, 0.1) is 5.69 Å². The van der Waals surface area contributed by atoms with Gasteiger partial charge in [-0.25, -0.2) is 0 Å². The first kappa shape index (κ1) is 10.1. The average molecular weight is 230 g/mol. The van der Waals surface area contributed by atoms with Crippen molar-refractivity contribution in [2.24, 2.45) is 0 Å². The molecule has 0 bridgehead atoms. The first-order valence-electron chi connectivity index (χ1n) is 5.76. The lowest BCUT2D eigenvalue weighted by Gasteiger charge is -2.14. The maximum atomic E-state index is 9.62. The molecule has 1 aromatic carbocycles. The molecule has 0 saturated carbocycles. The van der Waals surface area contributed by atoms with Crippen LogP contribution in [0.2, 0.25) is 0 Å². The highest BCUT2D eigenvalue weighted by Gasteiger charge is 2.17. The van der Waals surface area contributed by atoms with Crippen molar-refractivity contribution in [1.29, 1.82) is 0 Å². The number of anilines is 1. The molecule has 5 nitrogen and oxygen atoms in total. The van der Waals surface area contributed by atoms with Gasteiger partial charge in [0, 0.05) is 18.5 Å². The minimum Gasteiger partial charge on any atom is -0.506 e. The van der Waals surface area contributed by atoms with Crippen LogP contribution in [0.5, 0.6) is 5.75 Å². The molecule has 1 aliphatic rings. The fraction of sp³-hybridized carbons (Fsp3) is 0.333. The normalized spacial score (nSPS) is 14.6. The summed E-state index contributed by atoms with van der Waals surface area (Å²) in [5.74, 6) is 1.94. The predicted octanol–water partition coefficient (Wildman–Crippen LogP) is 1.57. The van der Waals surface area contributed by atoms with Crippen molar-refractivity contribution in [2.45, 2.75) is 25.8 Å². The highest BCUT2D eigenvalue weighted by atomic mass is 16.3. The molecule has 0 unspecified atom stereocenters. The van der Waals surface area contributed by atoms with Crippen LogP contribution in [0.3, 0.4) is 0 Å². The molecule has 0 saturated heterocycles. The zero-order valence-electron chi connectivity index (χ0n) is 9.43. The van der Waals surface area contributed by atoms with Gasteiger partial charge in [-0.05, 0) is 31.0 Å². The third kappa shape index (κ3) is 1.63. The third-order valence-electron chi connectivity index (χ3n) is 3.15. The van der Waals surface area contributed by atoms with Crippen LogP contribution in [0.25, 0.3) is 11.4 Å². The maximum absolute atomic E-state index is 9.62. The van der Waals surface area contributed by atoms with Gasteiger partial charge in [-0.2, -0.15) is 0 Å². The summed E-state index contributed by atoms with van der Waals surface area (Å²) in [7, 11) is 0. The van der Waals surface area contributed by atoms with Gasteiger partial charge in [0.1, 0.15) is 11.6 Å². The standard InChI is InChI=1S/C12H14N4O/c13-9-5-4-8(7-10(9)17)12-15-14-11-3-1-2-6-16(11)12/h4-5,7,17H,1-3,6,13H2. The van der Waals surface area contributed by atoms with Crippen LogP contribution in [0.1, 0.15) is 18.7 Å². The van der Waals surface area contributed by atoms with Gasteiger partial charge in [-0.15, -0.1) is 10.2 Å². The van der Waals surface area contributed by atoms with Gasteiger partial charge in [-0.3, -0.25) is 0 Å². The van der Waals surface area contributed by atoms with Gasteiger partial charge in [0.15, 0.2) is 5.82 Å². The molecule has 2 heterocycles. The summed E-state index contributed by atoms with van der Waals surface area (Å²) in [5.41, 5.74) is 6.83. The first-order valence-corrected chi connectivity index (χ1v) is 5.76. The molecule has 0 fully saturated rings. The van der Waals surface area contributed by atoms with E-state index in [0.717, 1.165) is 36.6 Å². The Morgan fingerprint density at radius 3 is 2.94 bits per heavy atom. The van der Waals surface area contributed by atoms with E-state index in [-0.39, 0.29) is 5.75 Å². The maximum Gasteiger partial charge on any atom is 0.164 e. The Bertz CT molecular complexity index is 562. The lowest BCUT2D eigenvalue weighted by molar-refractivity contribution is 0.478. The zero-order chi connectivity index (χ0) is 11.8. The fourth-order valence-electron chi connectivity index (χ4n) is 2.20. The van der Waals surface area contributed by atoms with E-state index in [9.17, 15) is 5.11 Å². The van der Waals surface area contributed by atoms with E-state index in [2.05, 4.69) is 14.8 Å². The second-order valence-electron chi connectivity index (χ2n) is 4.32. The van der Waals surface area contributed by atoms with E-state index in [0.29, 0.717) is 5.69 Å². The first-order chi connectivity index (χ1) is 8.25. The Hall–Kier alpha value is -2.04. The van der Waals surface area contributed by atoms with Crippen LogP contribution in [0.4, 0.5) is 5.69 Å². The van der Waals surface area contributed by atoms with E-state index >= 15 is 0 Å². The predicted molar refractivity (Wildman–Crippen MR) is 64.5 cm³/mol. The number of benzene rings is 1. The largest absolute Gasteiger partial charge is 0.506 e. The lowest BCUT2D eigenvalue weighted by atomic mass is 10.1. The number of nitrogens with zero attached hydrogens (tertiary/aromatic N) is 3. The van der Waals surface area contributed by atoms with Gasteiger partial charge in [0.25, 0.3) is 0 Å².